The van der Waals surface area contributed by atoms with Crippen LogP contribution in [-0.4, -0.2) is 56.6 Å². The van der Waals surface area contributed by atoms with Crippen molar-refractivity contribution in [3.63, 3.8) is 0 Å². The van der Waals surface area contributed by atoms with Crippen molar-refractivity contribution in [1.29, 1.82) is 0 Å². The molecule has 1 aliphatic heterocycles. The normalized spacial score (nSPS) is 34.3. The van der Waals surface area contributed by atoms with Gasteiger partial charge in [-0.1, -0.05) is 30.4 Å². The molecule has 1 saturated heterocycles. The van der Waals surface area contributed by atoms with Crippen molar-refractivity contribution in [2.45, 2.75) is 78.4 Å². The summed E-state index contributed by atoms with van der Waals surface area (Å²) >= 11 is 0. The van der Waals surface area contributed by atoms with Crippen LogP contribution in [0.25, 0.3) is 0 Å². The second-order valence-corrected chi connectivity index (χ2v) is 10.6. The van der Waals surface area contributed by atoms with E-state index in [2.05, 4.69) is 0 Å². The number of hydrogen-bond acceptors (Lipinski definition) is 6. The third-order valence-corrected chi connectivity index (χ3v) is 8.24. The fraction of sp³-hybridized carbons (Fsp3) is 0.586. The molecule has 0 aromatic rings. The van der Waals surface area contributed by atoms with Crippen molar-refractivity contribution in [3.05, 3.63) is 47.8 Å². The zero-order valence-corrected chi connectivity index (χ0v) is 22.0. The number of aliphatic hydroxyl groups is 2. The second kappa shape index (κ2) is 10.7. The van der Waals surface area contributed by atoms with Crippen LogP contribution in [0, 0.1) is 23.2 Å². The molecule has 3 fully saturated rings. The van der Waals surface area contributed by atoms with Crippen LogP contribution in [0.4, 0.5) is 0 Å². The average molecular weight is 498 g/mol. The summed E-state index contributed by atoms with van der Waals surface area (Å²) in [6.45, 7) is 8.45. The highest BCUT2D eigenvalue weighted by molar-refractivity contribution is 6.21. The molecule has 2 aliphatic carbocycles. The Balaban J connectivity index is 1.95. The van der Waals surface area contributed by atoms with Crippen molar-refractivity contribution in [2.75, 3.05) is 6.54 Å². The lowest BCUT2D eigenvalue weighted by atomic mass is 9.64. The van der Waals surface area contributed by atoms with Gasteiger partial charge in [0.05, 0.1) is 17.9 Å². The van der Waals surface area contributed by atoms with Gasteiger partial charge in [0.2, 0.25) is 5.91 Å². The van der Waals surface area contributed by atoms with Gasteiger partial charge in [0.25, 0.3) is 0 Å². The van der Waals surface area contributed by atoms with Crippen molar-refractivity contribution in [1.82, 2.24) is 4.90 Å². The predicted molar refractivity (Wildman–Crippen MR) is 137 cm³/mol. The molecule has 36 heavy (non-hydrogen) atoms. The average Bonchev–Trinajstić information content (AvgIpc) is 3.32. The number of hydrogen-bond donors (Lipinski definition) is 2. The third-order valence-electron chi connectivity index (χ3n) is 8.24. The van der Waals surface area contributed by atoms with E-state index in [0.29, 0.717) is 24.8 Å². The molecule has 0 aromatic heterocycles. The second-order valence-electron chi connectivity index (χ2n) is 10.6. The molecule has 1 amide bonds. The fourth-order valence-corrected chi connectivity index (χ4v) is 6.36. The lowest BCUT2D eigenvalue weighted by Gasteiger charge is -2.43. The molecule has 7 heteroatoms. The first-order valence-electron chi connectivity index (χ1n) is 12.9. The van der Waals surface area contributed by atoms with E-state index in [0.717, 1.165) is 12.8 Å². The Hall–Kier alpha value is -2.80. The first-order valence-corrected chi connectivity index (χ1v) is 12.9. The highest BCUT2D eigenvalue weighted by Crippen LogP contribution is 2.59. The summed E-state index contributed by atoms with van der Waals surface area (Å²) in [5.41, 5.74) is -3.29. The predicted octanol–water partition coefficient (Wildman–Crippen LogP) is 4.03. The van der Waals surface area contributed by atoms with Gasteiger partial charge in [0, 0.05) is 18.9 Å². The van der Waals surface area contributed by atoms with E-state index < -0.39 is 52.3 Å². The topological polar surface area (TPSA) is 112 Å². The molecule has 7 nitrogen and oxygen atoms in total. The Morgan fingerprint density at radius 2 is 1.83 bits per heavy atom. The number of Topliss-reactive ketones (excluding diaryl/α,β-unsaturated/α-hetero) is 3. The number of amides is 1. The minimum Gasteiger partial charge on any atom is -0.508 e. The van der Waals surface area contributed by atoms with Crippen LogP contribution in [0.3, 0.4) is 0 Å². The number of ketones is 3. The standard InChI is InChI=1S/C29H39NO6/c1-6-8-10-11-13-14-20(31)18(3)26(34)30-17-16-19-22(21(32)15-12-9-7-2)23-25(33)28(4,24(19)30)27(35)29(23,5)36/h6-9,12,15,18-19,23-24,32,36H,10-11,13-14,16-17H2,1-5H3/b8-6+,9-7+,15-12+,22-21+/t18?,19-,23+,24-,28-,29+/m1/s1. The van der Waals surface area contributed by atoms with Gasteiger partial charge in [0.1, 0.15) is 22.6 Å². The number of aliphatic hydroxyl groups excluding tert-OH is 1. The van der Waals surface area contributed by atoms with Gasteiger partial charge in [-0.2, -0.15) is 0 Å². The minimum atomic E-state index is -1.99. The van der Waals surface area contributed by atoms with E-state index in [-0.39, 0.29) is 18.1 Å². The molecule has 3 aliphatic rings. The van der Waals surface area contributed by atoms with Crippen molar-refractivity contribution >= 4 is 23.3 Å². The fourth-order valence-electron chi connectivity index (χ4n) is 6.36. The number of fused-ring (bicyclic) bond motifs is 4. The first kappa shape index (κ1) is 27.8. The molecule has 2 N–H and O–H groups in total. The number of carbonyl (C=O) groups is 4. The number of carbonyl (C=O) groups excluding carboxylic acids is 4. The Morgan fingerprint density at radius 3 is 2.47 bits per heavy atom. The van der Waals surface area contributed by atoms with Gasteiger partial charge in [-0.15, -0.1) is 0 Å². The molecule has 1 unspecified atom stereocenters. The largest absolute Gasteiger partial charge is 0.508 e. The van der Waals surface area contributed by atoms with E-state index in [1.165, 1.54) is 24.8 Å². The summed E-state index contributed by atoms with van der Waals surface area (Å²) < 4.78 is 0. The Kier molecular flexibility index (Phi) is 8.23. The summed E-state index contributed by atoms with van der Waals surface area (Å²) in [5.74, 6) is -4.39. The molecule has 6 atom stereocenters. The van der Waals surface area contributed by atoms with E-state index in [1.807, 2.05) is 26.0 Å². The quantitative estimate of drug-likeness (QED) is 0.164. The third kappa shape index (κ3) is 4.42. The summed E-state index contributed by atoms with van der Waals surface area (Å²) in [6, 6.07) is -0.854. The number of nitrogens with zero attached hydrogens (tertiary/aromatic N) is 1. The Labute approximate surface area is 213 Å². The van der Waals surface area contributed by atoms with Crippen LogP contribution in [0.2, 0.25) is 0 Å². The highest BCUT2D eigenvalue weighted by atomic mass is 16.3. The molecular formula is C29H39NO6. The summed E-state index contributed by atoms with van der Waals surface area (Å²) in [7, 11) is 0. The molecule has 0 aromatic carbocycles. The van der Waals surface area contributed by atoms with E-state index in [4.69, 9.17) is 0 Å². The number of likely N-dealkylation sites (tertiary alicyclic amines) is 1. The maximum atomic E-state index is 13.6. The summed E-state index contributed by atoms with van der Waals surface area (Å²) in [5, 5.41) is 22.2. The van der Waals surface area contributed by atoms with Crippen LogP contribution in [0.5, 0.6) is 0 Å². The summed E-state index contributed by atoms with van der Waals surface area (Å²) in [6.07, 6.45) is 13.7. The lowest BCUT2D eigenvalue weighted by Crippen LogP contribution is -2.58. The van der Waals surface area contributed by atoms with Gasteiger partial charge in [-0.25, -0.2) is 0 Å². The molecule has 1 heterocycles. The highest BCUT2D eigenvalue weighted by Gasteiger charge is 2.74. The van der Waals surface area contributed by atoms with Crippen LogP contribution in [-0.2, 0) is 19.2 Å². The van der Waals surface area contributed by atoms with Crippen molar-refractivity contribution in [2.24, 2.45) is 23.2 Å². The molecule has 0 spiro atoms. The molecule has 2 saturated carbocycles. The van der Waals surface area contributed by atoms with Crippen LogP contribution < -0.4 is 0 Å². The van der Waals surface area contributed by atoms with Gasteiger partial charge >= 0.3 is 0 Å². The van der Waals surface area contributed by atoms with Crippen molar-refractivity contribution < 1.29 is 29.4 Å². The monoisotopic (exact) mass is 497 g/mol. The maximum Gasteiger partial charge on any atom is 0.233 e. The first-order chi connectivity index (χ1) is 17.0. The van der Waals surface area contributed by atoms with Gasteiger partial charge in [-0.05, 0) is 72.0 Å². The maximum absolute atomic E-state index is 13.6. The van der Waals surface area contributed by atoms with E-state index in [9.17, 15) is 29.4 Å². The van der Waals surface area contributed by atoms with Gasteiger partial charge < -0.3 is 15.1 Å². The Morgan fingerprint density at radius 1 is 1.14 bits per heavy atom. The number of unbranched alkanes of at least 4 members (excludes halogenated alkanes) is 2. The van der Waals surface area contributed by atoms with Crippen LogP contribution in [0.15, 0.2) is 47.8 Å². The summed E-state index contributed by atoms with van der Waals surface area (Å²) in [4.78, 5) is 55.0. The minimum absolute atomic E-state index is 0.160. The van der Waals surface area contributed by atoms with Crippen molar-refractivity contribution in [3.8, 4) is 0 Å². The zero-order chi connectivity index (χ0) is 26.8. The molecule has 2 bridgehead atoms. The number of rotatable bonds is 9. The van der Waals surface area contributed by atoms with Crippen LogP contribution in [0.1, 0.15) is 66.7 Å². The SMILES string of the molecule is C/C=C/C=C/C(O)=C1/[C@H]2CCN(C(=O)C(C)C(=O)CCCC/C=C/C)[C@H]2[C@]2(C)C(=O)[C@H]1[C@](C)(O)C2=O. The zero-order valence-electron chi connectivity index (χ0n) is 22.0. The smallest absolute Gasteiger partial charge is 0.233 e. The van der Waals surface area contributed by atoms with E-state index in [1.54, 1.807) is 25.2 Å². The molecule has 196 valence electrons. The molecular weight excluding hydrogens is 458 g/mol. The molecule has 3 rings (SSSR count). The lowest BCUT2D eigenvalue weighted by molar-refractivity contribution is -0.150. The Bertz CT molecular complexity index is 1050. The van der Waals surface area contributed by atoms with Gasteiger partial charge in [-0.3, -0.25) is 19.2 Å². The van der Waals surface area contributed by atoms with E-state index >= 15 is 0 Å². The van der Waals surface area contributed by atoms with Gasteiger partial charge in [0.15, 0.2) is 11.6 Å². The van der Waals surface area contributed by atoms with Crippen LogP contribution >= 0.6 is 0 Å². The molecule has 0 radical (unpaired) electrons. The number of allylic oxidation sites excluding steroid dienone is 6.